The number of anilines is 4. The number of amides is 1. The Kier molecular flexibility index (Phi) is 7.76. The van der Waals surface area contributed by atoms with Gasteiger partial charge in [-0.25, -0.2) is 13.4 Å². The maximum atomic E-state index is 13.7. The molecule has 2 aromatic rings. The molecule has 1 aliphatic carbocycles. The average Bonchev–Trinajstić information content (AvgIpc) is 3.63. The molecule has 0 radical (unpaired) electrons. The molecule has 3 aliphatic rings. The zero-order chi connectivity index (χ0) is 27.8. The number of aromatic nitrogens is 1. The first kappa shape index (κ1) is 27.7. The van der Waals surface area contributed by atoms with Crippen LogP contribution < -0.4 is 19.8 Å². The highest BCUT2D eigenvalue weighted by molar-refractivity contribution is 7.92. The lowest BCUT2D eigenvalue weighted by Crippen LogP contribution is -2.41. The van der Waals surface area contributed by atoms with Gasteiger partial charge in [-0.3, -0.25) is 9.52 Å². The molecule has 10 nitrogen and oxygen atoms in total. The first-order chi connectivity index (χ1) is 18.6. The van der Waals surface area contributed by atoms with Crippen LogP contribution in [0.3, 0.4) is 0 Å². The van der Waals surface area contributed by atoms with Crippen molar-refractivity contribution in [3.05, 3.63) is 41.0 Å². The second kappa shape index (κ2) is 10.9. The van der Waals surface area contributed by atoms with Crippen LogP contribution in [0.15, 0.2) is 24.3 Å². The van der Waals surface area contributed by atoms with Gasteiger partial charge in [-0.1, -0.05) is 0 Å². The number of pyridine rings is 1. The number of aliphatic hydroxyl groups is 1. The van der Waals surface area contributed by atoms with Crippen molar-refractivity contribution in [3.63, 3.8) is 0 Å². The first-order valence-corrected chi connectivity index (χ1v) is 15.4. The molecule has 1 spiro atoms. The molecule has 3 fully saturated rings. The minimum absolute atomic E-state index is 0.109. The van der Waals surface area contributed by atoms with Gasteiger partial charge in [-0.2, -0.15) is 0 Å². The molecule has 2 saturated heterocycles. The van der Waals surface area contributed by atoms with E-state index in [1.807, 2.05) is 26.0 Å². The third kappa shape index (κ3) is 6.47. The normalized spacial score (nSPS) is 20.7. The van der Waals surface area contributed by atoms with E-state index in [4.69, 9.17) is 14.8 Å². The Hall–Kier alpha value is -2.89. The van der Waals surface area contributed by atoms with Crippen LogP contribution in [0.2, 0.25) is 0 Å². The number of aliphatic hydroxyl groups excluding tert-OH is 1. The fraction of sp³-hybridized carbons (Fsp3) is 0.571. The van der Waals surface area contributed by atoms with E-state index in [-0.39, 0.29) is 17.8 Å². The molecule has 2 aliphatic heterocycles. The number of carbonyl (C=O) groups excluding carboxylic acids is 1. The Bertz CT molecular complexity index is 1330. The summed E-state index contributed by atoms with van der Waals surface area (Å²) in [5.74, 6) is 0.598. The third-order valence-electron chi connectivity index (χ3n) is 8.10. The van der Waals surface area contributed by atoms with Gasteiger partial charge in [-0.05, 0) is 87.3 Å². The Labute approximate surface area is 230 Å². The number of piperidine rings is 1. The molecule has 0 bridgehead atoms. The molecule has 0 unspecified atom stereocenters. The van der Waals surface area contributed by atoms with Gasteiger partial charge in [0.1, 0.15) is 11.6 Å². The summed E-state index contributed by atoms with van der Waals surface area (Å²) in [7, 11) is -3.71. The van der Waals surface area contributed by atoms with E-state index in [1.54, 1.807) is 19.1 Å². The number of benzene rings is 1. The molecule has 1 amide bonds. The van der Waals surface area contributed by atoms with E-state index in [0.717, 1.165) is 50.4 Å². The monoisotopic (exact) mass is 557 g/mol. The van der Waals surface area contributed by atoms with Gasteiger partial charge < -0.3 is 25.0 Å². The summed E-state index contributed by atoms with van der Waals surface area (Å²) < 4.78 is 33.1. The minimum Gasteiger partial charge on any atom is -0.395 e. The highest BCUT2D eigenvalue weighted by atomic mass is 32.2. The lowest BCUT2D eigenvalue weighted by molar-refractivity contribution is 0.0529. The number of nitrogens with zero attached hydrogens (tertiary/aromatic N) is 3. The molecule has 1 aromatic carbocycles. The SMILES string of the molecule is Cc1cc(NC(=O)c2cc(C)c(NS(=O)(=O)CCO)cc2N2CCC3(CC2)CC3)nc(N2CCO[C@H](C)C2)c1. The lowest BCUT2D eigenvalue weighted by Gasteiger charge is -2.35. The van der Waals surface area contributed by atoms with Crippen LogP contribution >= 0.6 is 0 Å². The Morgan fingerprint density at radius 1 is 1.10 bits per heavy atom. The Morgan fingerprint density at radius 3 is 2.51 bits per heavy atom. The zero-order valence-electron chi connectivity index (χ0n) is 23.0. The van der Waals surface area contributed by atoms with Gasteiger partial charge >= 0.3 is 0 Å². The van der Waals surface area contributed by atoms with Crippen LogP contribution in [-0.2, 0) is 14.8 Å². The highest BCUT2D eigenvalue weighted by Gasteiger charge is 2.44. The van der Waals surface area contributed by atoms with Crippen molar-refractivity contribution in [2.45, 2.75) is 52.6 Å². The second-order valence-corrected chi connectivity index (χ2v) is 13.1. The number of hydrogen-bond acceptors (Lipinski definition) is 8. The molecule has 1 saturated carbocycles. The number of sulfonamides is 1. The van der Waals surface area contributed by atoms with Crippen LogP contribution in [0.4, 0.5) is 23.0 Å². The standard InChI is InChI=1S/C28H39N5O5S/c1-19-14-25(29-26(15-19)33-10-12-38-21(3)18-33)30-27(35)22-16-20(2)23(31-39(36,37)13-11-34)17-24(22)32-8-6-28(4-5-28)7-9-32/h14-17,21,31,34H,4-13,18H2,1-3H3,(H,29,30,35)/t21-/m1/s1. The number of morpholine rings is 1. The van der Waals surface area contributed by atoms with E-state index in [2.05, 4.69) is 19.8 Å². The van der Waals surface area contributed by atoms with Gasteiger partial charge in [-0.15, -0.1) is 0 Å². The molecule has 1 aromatic heterocycles. The smallest absolute Gasteiger partial charge is 0.258 e. The van der Waals surface area contributed by atoms with E-state index in [9.17, 15) is 13.2 Å². The van der Waals surface area contributed by atoms with Gasteiger partial charge in [0.15, 0.2) is 0 Å². The summed E-state index contributed by atoms with van der Waals surface area (Å²) in [6.07, 6.45) is 4.76. The maximum absolute atomic E-state index is 13.7. The van der Waals surface area contributed by atoms with Crippen LogP contribution in [0.5, 0.6) is 0 Å². The second-order valence-electron chi connectivity index (χ2n) is 11.3. The molecule has 11 heteroatoms. The zero-order valence-corrected chi connectivity index (χ0v) is 23.8. The van der Waals surface area contributed by atoms with Crippen molar-refractivity contribution < 1.29 is 23.1 Å². The Balaban J connectivity index is 1.44. The molecule has 3 N–H and O–H groups in total. The molecule has 212 valence electrons. The van der Waals surface area contributed by atoms with Crippen molar-refractivity contribution in [1.82, 2.24) is 4.98 Å². The van der Waals surface area contributed by atoms with Crippen molar-refractivity contribution in [2.75, 3.05) is 65.0 Å². The Morgan fingerprint density at radius 2 is 1.85 bits per heavy atom. The number of nitrogens with one attached hydrogen (secondary N) is 2. The van der Waals surface area contributed by atoms with E-state index in [1.165, 1.54) is 12.8 Å². The summed E-state index contributed by atoms with van der Waals surface area (Å²) in [6.45, 7) is 9.05. The van der Waals surface area contributed by atoms with Crippen molar-refractivity contribution >= 4 is 38.9 Å². The molecule has 1 atom stereocenters. The fourth-order valence-electron chi connectivity index (χ4n) is 5.57. The predicted octanol–water partition coefficient (Wildman–Crippen LogP) is 3.29. The number of aryl methyl sites for hydroxylation is 2. The van der Waals surface area contributed by atoms with Crippen LogP contribution in [0, 0.1) is 19.3 Å². The van der Waals surface area contributed by atoms with Gasteiger partial charge in [0, 0.05) is 26.2 Å². The summed E-state index contributed by atoms with van der Waals surface area (Å²) >= 11 is 0. The number of hydrogen-bond donors (Lipinski definition) is 3. The molecular formula is C28H39N5O5S. The number of rotatable bonds is 8. The maximum Gasteiger partial charge on any atom is 0.258 e. The number of carbonyl (C=O) groups is 1. The lowest BCUT2D eigenvalue weighted by atomic mass is 9.92. The summed E-state index contributed by atoms with van der Waals surface area (Å²) in [4.78, 5) is 22.8. The topological polar surface area (TPSA) is 124 Å². The van der Waals surface area contributed by atoms with Crippen LogP contribution in [-0.4, -0.2) is 75.7 Å². The summed E-state index contributed by atoms with van der Waals surface area (Å²) in [5.41, 5.74) is 3.67. The van der Waals surface area contributed by atoms with E-state index < -0.39 is 16.6 Å². The van der Waals surface area contributed by atoms with E-state index >= 15 is 0 Å². The summed E-state index contributed by atoms with van der Waals surface area (Å²) in [6, 6.07) is 7.36. The third-order valence-corrected chi connectivity index (χ3v) is 9.35. The summed E-state index contributed by atoms with van der Waals surface area (Å²) in [5, 5.41) is 12.2. The molecule has 39 heavy (non-hydrogen) atoms. The molecular weight excluding hydrogens is 518 g/mol. The highest BCUT2D eigenvalue weighted by Crippen LogP contribution is 2.54. The van der Waals surface area contributed by atoms with Gasteiger partial charge in [0.05, 0.1) is 42.0 Å². The van der Waals surface area contributed by atoms with Gasteiger partial charge in [0.2, 0.25) is 10.0 Å². The van der Waals surface area contributed by atoms with Crippen LogP contribution in [0.25, 0.3) is 0 Å². The van der Waals surface area contributed by atoms with Gasteiger partial charge in [0.25, 0.3) is 5.91 Å². The average molecular weight is 558 g/mol. The number of ether oxygens (including phenoxy) is 1. The van der Waals surface area contributed by atoms with E-state index in [0.29, 0.717) is 40.3 Å². The van der Waals surface area contributed by atoms with Crippen molar-refractivity contribution in [2.24, 2.45) is 5.41 Å². The minimum atomic E-state index is -3.71. The van der Waals surface area contributed by atoms with Crippen molar-refractivity contribution in [1.29, 1.82) is 0 Å². The van der Waals surface area contributed by atoms with Crippen molar-refractivity contribution in [3.8, 4) is 0 Å². The predicted molar refractivity (Wildman–Crippen MR) is 153 cm³/mol. The molecule has 5 rings (SSSR count). The van der Waals surface area contributed by atoms with Crippen LogP contribution in [0.1, 0.15) is 54.1 Å². The quantitative estimate of drug-likeness (QED) is 0.452. The fourth-order valence-corrected chi connectivity index (χ4v) is 6.47. The molecule has 3 heterocycles. The largest absolute Gasteiger partial charge is 0.395 e. The first-order valence-electron chi connectivity index (χ1n) is 13.7.